The summed E-state index contributed by atoms with van der Waals surface area (Å²) in [6.07, 6.45) is 0.538. The van der Waals surface area contributed by atoms with Crippen molar-refractivity contribution in [3.05, 3.63) is 60.2 Å². The van der Waals surface area contributed by atoms with E-state index in [1.165, 1.54) is 0 Å². The fourth-order valence-corrected chi connectivity index (χ4v) is 2.94. The second kappa shape index (κ2) is 9.16. The van der Waals surface area contributed by atoms with Gasteiger partial charge in [-0.25, -0.2) is 0 Å². The summed E-state index contributed by atoms with van der Waals surface area (Å²) in [6, 6.07) is 16.8. The van der Waals surface area contributed by atoms with E-state index in [4.69, 9.17) is 10.5 Å². The molecule has 0 aliphatic carbocycles. The first kappa shape index (κ1) is 18.9. The van der Waals surface area contributed by atoms with Crippen molar-refractivity contribution in [2.24, 2.45) is 5.73 Å². The van der Waals surface area contributed by atoms with Crippen LogP contribution >= 0.6 is 0 Å². The van der Waals surface area contributed by atoms with E-state index in [0.29, 0.717) is 25.3 Å². The van der Waals surface area contributed by atoms with Gasteiger partial charge in [-0.15, -0.1) is 0 Å². The van der Waals surface area contributed by atoms with Crippen molar-refractivity contribution < 1.29 is 14.3 Å². The van der Waals surface area contributed by atoms with Gasteiger partial charge < -0.3 is 26.4 Å². The molecule has 0 bridgehead atoms. The Balaban J connectivity index is 1.46. The van der Waals surface area contributed by atoms with E-state index in [-0.39, 0.29) is 30.4 Å². The van der Waals surface area contributed by atoms with Crippen LogP contribution in [0.15, 0.2) is 54.6 Å². The maximum atomic E-state index is 12.4. The van der Waals surface area contributed by atoms with Crippen molar-refractivity contribution in [3.8, 4) is 5.75 Å². The number of amides is 2. The zero-order chi connectivity index (χ0) is 19.1. The maximum absolute atomic E-state index is 12.4. The molecule has 0 spiro atoms. The molecular weight excluding hydrogens is 344 g/mol. The molecule has 0 saturated carbocycles. The maximum Gasteiger partial charge on any atom is 0.241 e. The third kappa shape index (κ3) is 5.54. The molecule has 5 N–H and O–H groups in total. The van der Waals surface area contributed by atoms with Crippen LogP contribution in [-0.2, 0) is 16.2 Å². The molecule has 1 saturated heterocycles. The lowest BCUT2D eigenvalue weighted by molar-refractivity contribution is -0.121. The second-order valence-electron chi connectivity index (χ2n) is 6.45. The molecule has 142 valence electrons. The average Bonchev–Trinajstić information content (AvgIpc) is 3.17. The van der Waals surface area contributed by atoms with Crippen LogP contribution in [0, 0.1) is 0 Å². The molecule has 2 aromatic rings. The van der Waals surface area contributed by atoms with Gasteiger partial charge in [0.05, 0.1) is 12.6 Å². The van der Waals surface area contributed by atoms with Gasteiger partial charge in [0.2, 0.25) is 11.8 Å². The van der Waals surface area contributed by atoms with Crippen molar-refractivity contribution >= 4 is 17.5 Å². The van der Waals surface area contributed by atoms with Crippen LogP contribution in [-0.4, -0.2) is 37.0 Å². The summed E-state index contributed by atoms with van der Waals surface area (Å²) in [4.78, 5) is 23.7. The Morgan fingerprint density at radius 1 is 1.11 bits per heavy atom. The van der Waals surface area contributed by atoms with Crippen LogP contribution in [0.2, 0.25) is 0 Å². The summed E-state index contributed by atoms with van der Waals surface area (Å²) in [5.74, 6) is 0.395. The Hall–Kier alpha value is -2.90. The smallest absolute Gasteiger partial charge is 0.241 e. The van der Waals surface area contributed by atoms with Crippen LogP contribution in [0.3, 0.4) is 0 Å². The summed E-state index contributed by atoms with van der Waals surface area (Å²) in [6.45, 7) is 0.997. The van der Waals surface area contributed by atoms with Crippen LogP contribution in [0.5, 0.6) is 5.75 Å². The highest BCUT2D eigenvalue weighted by molar-refractivity contribution is 5.95. The topological polar surface area (TPSA) is 105 Å². The summed E-state index contributed by atoms with van der Waals surface area (Å²) < 4.78 is 5.74. The van der Waals surface area contributed by atoms with Crippen LogP contribution in [0.4, 0.5) is 5.69 Å². The molecular formula is C20H24N4O3. The SMILES string of the molecule is NCC(=O)NC1CN[C@H](C(=O)Nc2ccc(OCc3ccccc3)cc2)C1. The molecule has 1 unspecified atom stereocenters. The largest absolute Gasteiger partial charge is 0.489 e. The second-order valence-corrected chi connectivity index (χ2v) is 6.45. The fourth-order valence-electron chi connectivity index (χ4n) is 2.94. The van der Waals surface area contributed by atoms with Gasteiger partial charge in [0, 0.05) is 18.3 Å². The van der Waals surface area contributed by atoms with Crippen molar-refractivity contribution in [2.75, 3.05) is 18.4 Å². The highest BCUT2D eigenvalue weighted by Crippen LogP contribution is 2.18. The highest BCUT2D eigenvalue weighted by atomic mass is 16.5. The Kier molecular flexibility index (Phi) is 6.40. The number of nitrogens with one attached hydrogen (secondary N) is 3. The first-order chi connectivity index (χ1) is 13.1. The van der Waals surface area contributed by atoms with Crippen molar-refractivity contribution in [1.82, 2.24) is 10.6 Å². The molecule has 7 nitrogen and oxygen atoms in total. The molecule has 1 aliphatic heterocycles. The van der Waals surface area contributed by atoms with E-state index >= 15 is 0 Å². The van der Waals surface area contributed by atoms with Gasteiger partial charge in [-0.3, -0.25) is 9.59 Å². The minimum atomic E-state index is -0.345. The average molecular weight is 368 g/mol. The van der Waals surface area contributed by atoms with E-state index in [1.54, 1.807) is 12.1 Å². The van der Waals surface area contributed by atoms with E-state index in [9.17, 15) is 9.59 Å². The Morgan fingerprint density at radius 2 is 1.85 bits per heavy atom. The zero-order valence-corrected chi connectivity index (χ0v) is 15.0. The van der Waals surface area contributed by atoms with E-state index in [2.05, 4.69) is 16.0 Å². The minimum absolute atomic E-state index is 0.0495. The van der Waals surface area contributed by atoms with Gasteiger partial charge in [0.15, 0.2) is 0 Å². The molecule has 2 amide bonds. The molecule has 27 heavy (non-hydrogen) atoms. The minimum Gasteiger partial charge on any atom is -0.489 e. The summed E-state index contributed by atoms with van der Waals surface area (Å²) in [5, 5.41) is 8.78. The lowest BCUT2D eigenvalue weighted by Gasteiger charge is -2.13. The molecule has 3 rings (SSSR count). The van der Waals surface area contributed by atoms with E-state index < -0.39 is 0 Å². The monoisotopic (exact) mass is 368 g/mol. The first-order valence-electron chi connectivity index (χ1n) is 8.94. The number of hydrogen-bond donors (Lipinski definition) is 4. The van der Waals surface area contributed by atoms with Gasteiger partial charge >= 0.3 is 0 Å². The third-order valence-corrected chi connectivity index (χ3v) is 4.37. The Bertz CT molecular complexity index is 765. The standard InChI is InChI=1S/C20H24N4O3/c21-11-19(25)23-16-10-18(22-12-16)20(26)24-15-6-8-17(9-7-15)27-13-14-4-2-1-3-5-14/h1-9,16,18,22H,10-13,21H2,(H,23,25)(H,24,26)/t16?,18-/m0/s1. The molecule has 2 atom stereocenters. The summed E-state index contributed by atoms with van der Waals surface area (Å²) >= 11 is 0. The van der Waals surface area contributed by atoms with Gasteiger partial charge in [-0.1, -0.05) is 30.3 Å². The van der Waals surface area contributed by atoms with Crippen molar-refractivity contribution in [2.45, 2.75) is 25.1 Å². The number of ether oxygens (including phenoxy) is 1. The molecule has 1 heterocycles. The molecule has 1 fully saturated rings. The third-order valence-electron chi connectivity index (χ3n) is 4.37. The Morgan fingerprint density at radius 3 is 2.56 bits per heavy atom. The van der Waals surface area contributed by atoms with Crippen LogP contribution in [0.1, 0.15) is 12.0 Å². The molecule has 0 aromatic heterocycles. The summed E-state index contributed by atoms with van der Waals surface area (Å²) in [5.41, 5.74) is 7.08. The van der Waals surface area contributed by atoms with Crippen LogP contribution < -0.4 is 26.4 Å². The van der Waals surface area contributed by atoms with E-state index in [0.717, 1.165) is 11.3 Å². The van der Waals surface area contributed by atoms with Crippen molar-refractivity contribution in [1.29, 1.82) is 0 Å². The molecule has 1 aliphatic rings. The van der Waals surface area contributed by atoms with Crippen LogP contribution in [0.25, 0.3) is 0 Å². The predicted molar refractivity (Wildman–Crippen MR) is 103 cm³/mol. The highest BCUT2D eigenvalue weighted by Gasteiger charge is 2.30. The number of carbonyl (C=O) groups is 2. The van der Waals surface area contributed by atoms with E-state index in [1.807, 2.05) is 42.5 Å². The van der Waals surface area contributed by atoms with Gasteiger partial charge in [-0.05, 0) is 36.2 Å². The number of benzene rings is 2. The number of rotatable bonds is 7. The lowest BCUT2D eigenvalue weighted by Crippen LogP contribution is -2.39. The number of hydrogen-bond acceptors (Lipinski definition) is 5. The Labute approximate surface area is 158 Å². The first-order valence-corrected chi connectivity index (χ1v) is 8.94. The predicted octanol–water partition coefficient (Wildman–Crippen LogP) is 1.01. The van der Waals surface area contributed by atoms with Gasteiger partial charge in [0.25, 0.3) is 0 Å². The fraction of sp³-hybridized carbons (Fsp3) is 0.300. The summed E-state index contributed by atoms with van der Waals surface area (Å²) in [7, 11) is 0. The zero-order valence-electron chi connectivity index (χ0n) is 15.0. The number of anilines is 1. The van der Waals surface area contributed by atoms with Crippen molar-refractivity contribution in [3.63, 3.8) is 0 Å². The number of carbonyl (C=O) groups excluding carboxylic acids is 2. The molecule has 7 heteroatoms. The normalized spacial score (nSPS) is 18.7. The quantitative estimate of drug-likeness (QED) is 0.584. The number of nitrogens with two attached hydrogens (primary N) is 1. The van der Waals surface area contributed by atoms with Gasteiger partial charge in [-0.2, -0.15) is 0 Å². The van der Waals surface area contributed by atoms with Gasteiger partial charge in [0.1, 0.15) is 12.4 Å². The lowest BCUT2D eigenvalue weighted by atomic mass is 10.1. The molecule has 0 radical (unpaired) electrons. The molecule has 2 aromatic carbocycles.